The second-order valence-electron chi connectivity index (χ2n) is 5.89. The second kappa shape index (κ2) is 7.88. The van der Waals surface area contributed by atoms with E-state index in [9.17, 15) is 4.79 Å². The van der Waals surface area contributed by atoms with Crippen molar-refractivity contribution in [2.24, 2.45) is 0 Å². The Morgan fingerprint density at radius 2 is 2.17 bits per heavy atom. The fourth-order valence-corrected chi connectivity index (χ4v) is 2.68. The summed E-state index contributed by atoms with van der Waals surface area (Å²) in [7, 11) is 0. The van der Waals surface area contributed by atoms with Crippen molar-refractivity contribution >= 4 is 11.9 Å². The molecule has 1 amide bonds. The number of amides is 1. The normalized spacial score (nSPS) is 18.1. The maximum absolute atomic E-state index is 12.2. The molecule has 0 radical (unpaired) electrons. The minimum absolute atomic E-state index is 0.0522. The molecule has 6 heteroatoms. The molecule has 0 aliphatic carbocycles. The number of ether oxygens (including phenoxy) is 1. The zero-order valence-corrected chi connectivity index (χ0v) is 13.7. The zero-order valence-electron chi connectivity index (χ0n) is 13.7. The molecule has 2 heterocycles. The third kappa shape index (κ3) is 4.29. The number of benzene rings is 1. The van der Waals surface area contributed by atoms with Gasteiger partial charge in [-0.2, -0.15) is 0 Å². The van der Waals surface area contributed by atoms with Crippen LogP contribution in [0.15, 0.2) is 42.6 Å². The Morgan fingerprint density at radius 1 is 1.33 bits per heavy atom. The average Bonchev–Trinajstić information content (AvgIpc) is 3.14. The van der Waals surface area contributed by atoms with Gasteiger partial charge in [0.2, 0.25) is 5.95 Å². The summed E-state index contributed by atoms with van der Waals surface area (Å²) in [6, 6.07) is 11.7. The van der Waals surface area contributed by atoms with Crippen molar-refractivity contribution in [3.8, 4) is 0 Å². The van der Waals surface area contributed by atoms with Gasteiger partial charge >= 0.3 is 0 Å². The highest BCUT2D eigenvalue weighted by Crippen LogP contribution is 2.16. The number of nitrogens with one attached hydrogen (secondary N) is 2. The number of carbonyl (C=O) groups is 1. The Morgan fingerprint density at radius 3 is 2.92 bits per heavy atom. The first-order valence-corrected chi connectivity index (χ1v) is 8.26. The molecule has 6 nitrogen and oxygen atoms in total. The Balaban J connectivity index is 1.59. The van der Waals surface area contributed by atoms with Crippen LogP contribution in [0.2, 0.25) is 0 Å². The van der Waals surface area contributed by atoms with Crippen LogP contribution < -0.4 is 10.6 Å². The van der Waals surface area contributed by atoms with Gasteiger partial charge in [0.1, 0.15) is 5.69 Å². The van der Waals surface area contributed by atoms with Gasteiger partial charge in [0.25, 0.3) is 5.91 Å². The molecule has 1 aromatic carbocycles. The minimum atomic E-state index is -0.205. The molecular weight excluding hydrogens is 304 g/mol. The largest absolute Gasteiger partial charge is 0.376 e. The number of hydrogen-bond acceptors (Lipinski definition) is 5. The highest BCUT2D eigenvalue weighted by atomic mass is 16.5. The minimum Gasteiger partial charge on any atom is -0.376 e. The van der Waals surface area contributed by atoms with E-state index in [1.165, 1.54) is 0 Å². The van der Waals surface area contributed by atoms with Crippen LogP contribution in [0.3, 0.4) is 0 Å². The molecule has 0 spiro atoms. The summed E-state index contributed by atoms with van der Waals surface area (Å²) in [6.45, 7) is 3.33. The standard InChI is InChI=1S/C18H22N4O2/c1-13(14-6-3-2-4-7-14)21-18-19-10-9-16(22-18)17(23)20-12-15-8-5-11-24-15/h2-4,6-7,9-10,13,15H,5,8,11-12H2,1H3,(H,20,23)(H,19,21,22). The lowest BCUT2D eigenvalue weighted by Crippen LogP contribution is -2.32. The lowest BCUT2D eigenvalue weighted by Gasteiger charge is -2.15. The smallest absolute Gasteiger partial charge is 0.270 e. The van der Waals surface area contributed by atoms with Crippen LogP contribution in [-0.4, -0.2) is 35.1 Å². The van der Waals surface area contributed by atoms with E-state index in [2.05, 4.69) is 20.6 Å². The topological polar surface area (TPSA) is 76.1 Å². The lowest BCUT2D eigenvalue weighted by molar-refractivity contribution is 0.0853. The van der Waals surface area contributed by atoms with Crippen LogP contribution in [0.1, 0.15) is 41.9 Å². The molecule has 0 saturated carbocycles. The molecular formula is C18H22N4O2. The molecule has 24 heavy (non-hydrogen) atoms. The molecule has 2 atom stereocenters. The SMILES string of the molecule is CC(Nc1nccc(C(=O)NCC2CCCO2)n1)c1ccccc1. The summed E-state index contributed by atoms with van der Waals surface area (Å²) in [5, 5.41) is 6.09. The maximum atomic E-state index is 12.2. The number of carbonyl (C=O) groups excluding carboxylic acids is 1. The monoisotopic (exact) mass is 326 g/mol. The summed E-state index contributed by atoms with van der Waals surface area (Å²) in [5.74, 6) is 0.236. The van der Waals surface area contributed by atoms with Crippen LogP contribution in [0.5, 0.6) is 0 Å². The third-order valence-corrected chi connectivity index (χ3v) is 4.05. The number of nitrogens with zero attached hydrogens (tertiary/aromatic N) is 2. The lowest BCUT2D eigenvalue weighted by atomic mass is 10.1. The van der Waals surface area contributed by atoms with Crippen molar-refractivity contribution < 1.29 is 9.53 Å². The van der Waals surface area contributed by atoms with Gasteiger partial charge in [-0.3, -0.25) is 4.79 Å². The van der Waals surface area contributed by atoms with Gasteiger partial charge < -0.3 is 15.4 Å². The van der Waals surface area contributed by atoms with Crippen LogP contribution in [0.25, 0.3) is 0 Å². The van der Waals surface area contributed by atoms with E-state index >= 15 is 0 Å². The van der Waals surface area contributed by atoms with E-state index in [1.807, 2.05) is 37.3 Å². The first-order chi connectivity index (χ1) is 11.7. The quantitative estimate of drug-likeness (QED) is 0.853. The summed E-state index contributed by atoms with van der Waals surface area (Å²) < 4.78 is 5.50. The van der Waals surface area contributed by atoms with E-state index in [0.717, 1.165) is 25.0 Å². The molecule has 1 saturated heterocycles. The highest BCUT2D eigenvalue weighted by molar-refractivity contribution is 5.92. The van der Waals surface area contributed by atoms with Gasteiger partial charge in [-0.25, -0.2) is 9.97 Å². The molecule has 1 fully saturated rings. The summed E-state index contributed by atoms with van der Waals surface area (Å²) in [4.78, 5) is 20.7. The number of aromatic nitrogens is 2. The number of hydrogen-bond donors (Lipinski definition) is 2. The van der Waals surface area contributed by atoms with E-state index < -0.39 is 0 Å². The van der Waals surface area contributed by atoms with Crippen molar-refractivity contribution in [2.45, 2.75) is 31.9 Å². The van der Waals surface area contributed by atoms with Gasteiger partial charge in [-0.15, -0.1) is 0 Å². The molecule has 0 bridgehead atoms. The molecule has 2 unspecified atom stereocenters. The zero-order chi connectivity index (χ0) is 16.8. The third-order valence-electron chi connectivity index (χ3n) is 4.05. The van der Waals surface area contributed by atoms with Crippen molar-refractivity contribution in [2.75, 3.05) is 18.5 Å². The number of rotatable bonds is 6. The van der Waals surface area contributed by atoms with Gasteiger partial charge in [-0.1, -0.05) is 30.3 Å². The van der Waals surface area contributed by atoms with Crippen LogP contribution in [-0.2, 0) is 4.74 Å². The summed E-state index contributed by atoms with van der Waals surface area (Å²) in [6.07, 6.45) is 3.75. The molecule has 1 aromatic heterocycles. The number of anilines is 1. The molecule has 126 valence electrons. The van der Waals surface area contributed by atoms with Gasteiger partial charge in [0.15, 0.2) is 0 Å². The maximum Gasteiger partial charge on any atom is 0.270 e. The van der Waals surface area contributed by atoms with Crippen LogP contribution in [0, 0.1) is 0 Å². The molecule has 1 aliphatic heterocycles. The first kappa shape index (κ1) is 16.4. The second-order valence-corrected chi connectivity index (χ2v) is 5.89. The average molecular weight is 326 g/mol. The fourth-order valence-electron chi connectivity index (χ4n) is 2.68. The molecule has 3 rings (SSSR count). The van der Waals surface area contributed by atoms with Crippen LogP contribution in [0.4, 0.5) is 5.95 Å². The van der Waals surface area contributed by atoms with Crippen molar-refractivity contribution in [3.63, 3.8) is 0 Å². The van der Waals surface area contributed by atoms with Gasteiger partial charge in [-0.05, 0) is 31.4 Å². The highest BCUT2D eigenvalue weighted by Gasteiger charge is 2.17. The van der Waals surface area contributed by atoms with Crippen molar-refractivity contribution in [3.05, 3.63) is 53.9 Å². The fraction of sp³-hybridized carbons (Fsp3) is 0.389. The van der Waals surface area contributed by atoms with Crippen molar-refractivity contribution in [1.29, 1.82) is 0 Å². The molecule has 2 N–H and O–H groups in total. The summed E-state index contributed by atoms with van der Waals surface area (Å²) in [5.41, 5.74) is 1.49. The molecule has 1 aliphatic rings. The van der Waals surface area contributed by atoms with E-state index in [-0.39, 0.29) is 18.1 Å². The first-order valence-electron chi connectivity index (χ1n) is 8.26. The molecule has 2 aromatic rings. The summed E-state index contributed by atoms with van der Waals surface area (Å²) >= 11 is 0. The van der Waals surface area contributed by atoms with Gasteiger partial charge in [0, 0.05) is 19.3 Å². The Hall–Kier alpha value is -2.47. The van der Waals surface area contributed by atoms with Gasteiger partial charge in [0.05, 0.1) is 12.1 Å². The van der Waals surface area contributed by atoms with E-state index in [0.29, 0.717) is 18.2 Å². The van der Waals surface area contributed by atoms with Crippen LogP contribution >= 0.6 is 0 Å². The van der Waals surface area contributed by atoms with E-state index in [1.54, 1.807) is 12.3 Å². The van der Waals surface area contributed by atoms with Crippen molar-refractivity contribution in [1.82, 2.24) is 15.3 Å². The van der Waals surface area contributed by atoms with E-state index in [4.69, 9.17) is 4.74 Å². The Bertz CT molecular complexity index is 672. The Kier molecular flexibility index (Phi) is 5.38. The Labute approximate surface area is 141 Å². The predicted octanol–water partition coefficient (Wildman–Crippen LogP) is 2.56. The predicted molar refractivity (Wildman–Crippen MR) is 91.8 cm³/mol.